The summed E-state index contributed by atoms with van der Waals surface area (Å²) in [6, 6.07) is 5.92. The number of ketones is 1. The molecule has 0 aliphatic heterocycles. The van der Waals surface area contributed by atoms with Gasteiger partial charge in [0.1, 0.15) is 17.1 Å². The Morgan fingerprint density at radius 1 is 1.00 bits per heavy atom. The van der Waals surface area contributed by atoms with Crippen molar-refractivity contribution in [3.05, 3.63) is 50.1 Å². The van der Waals surface area contributed by atoms with E-state index in [2.05, 4.69) is 31.9 Å². The third-order valence-electron chi connectivity index (χ3n) is 5.06. The highest BCUT2D eigenvalue weighted by Crippen LogP contribution is 2.39. The summed E-state index contributed by atoms with van der Waals surface area (Å²) in [5.74, 6) is -0.480. The van der Waals surface area contributed by atoms with Crippen molar-refractivity contribution in [2.75, 3.05) is 0 Å². The summed E-state index contributed by atoms with van der Waals surface area (Å²) in [4.78, 5) is 25.5. The van der Waals surface area contributed by atoms with Crippen molar-refractivity contribution < 1.29 is 29.0 Å². The predicted molar refractivity (Wildman–Crippen MR) is 129 cm³/mol. The van der Waals surface area contributed by atoms with Gasteiger partial charge in [0.2, 0.25) is 0 Å². The molecule has 2 N–H and O–H groups in total. The number of carbonyl (C=O) groups is 2. The van der Waals surface area contributed by atoms with E-state index in [0.717, 1.165) is 19.3 Å². The SMILES string of the molecule is CCCCC(=O)Oc1cc2oc(CCCC)c(C(=O)c3cc(Br)c(O)c(Br)c3)c2cc1O. The van der Waals surface area contributed by atoms with E-state index in [4.69, 9.17) is 9.15 Å². The number of hydrogen-bond donors (Lipinski definition) is 2. The van der Waals surface area contributed by atoms with Gasteiger partial charge in [-0.05, 0) is 62.9 Å². The first kappa shape index (κ1) is 24.3. The van der Waals surface area contributed by atoms with Crippen LogP contribution in [-0.4, -0.2) is 22.0 Å². The quantitative estimate of drug-likeness (QED) is 0.163. The van der Waals surface area contributed by atoms with E-state index in [1.54, 1.807) is 0 Å². The van der Waals surface area contributed by atoms with Crippen LogP contribution in [0.5, 0.6) is 17.2 Å². The van der Waals surface area contributed by atoms with E-state index < -0.39 is 5.97 Å². The lowest BCUT2D eigenvalue weighted by molar-refractivity contribution is -0.134. The molecule has 32 heavy (non-hydrogen) atoms. The van der Waals surface area contributed by atoms with Gasteiger partial charge in [-0.1, -0.05) is 26.7 Å². The fourth-order valence-electron chi connectivity index (χ4n) is 3.34. The van der Waals surface area contributed by atoms with Gasteiger partial charge in [-0.25, -0.2) is 0 Å². The van der Waals surface area contributed by atoms with Crippen LogP contribution in [0.25, 0.3) is 11.0 Å². The molecule has 0 aliphatic rings. The Labute approximate surface area is 202 Å². The van der Waals surface area contributed by atoms with Gasteiger partial charge in [-0.2, -0.15) is 0 Å². The summed E-state index contributed by atoms with van der Waals surface area (Å²) in [6.45, 7) is 4.01. The zero-order valence-electron chi connectivity index (χ0n) is 17.8. The third-order valence-corrected chi connectivity index (χ3v) is 6.27. The van der Waals surface area contributed by atoms with Crippen LogP contribution in [0.1, 0.15) is 67.6 Å². The Hall–Kier alpha value is -2.32. The van der Waals surface area contributed by atoms with Gasteiger partial charge < -0.3 is 19.4 Å². The Morgan fingerprint density at radius 2 is 1.66 bits per heavy atom. The number of aromatic hydroxyl groups is 2. The second-order valence-electron chi connectivity index (χ2n) is 7.52. The maximum Gasteiger partial charge on any atom is 0.311 e. The minimum Gasteiger partial charge on any atom is -0.506 e. The molecule has 0 saturated heterocycles. The van der Waals surface area contributed by atoms with Crippen LogP contribution in [0.4, 0.5) is 0 Å². The first-order valence-corrected chi connectivity index (χ1v) is 12.1. The molecule has 2 aromatic carbocycles. The lowest BCUT2D eigenvalue weighted by atomic mass is 9.98. The summed E-state index contributed by atoms with van der Waals surface area (Å²) < 4.78 is 12.0. The number of halogens is 2. The normalized spacial score (nSPS) is 11.1. The number of phenols is 2. The van der Waals surface area contributed by atoms with Crippen molar-refractivity contribution >= 4 is 54.6 Å². The number of unbranched alkanes of at least 4 members (excludes halogenated alkanes) is 2. The summed E-state index contributed by atoms with van der Waals surface area (Å²) in [5.41, 5.74) is 1.04. The molecule has 3 aromatic rings. The molecule has 0 radical (unpaired) electrons. The smallest absolute Gasteiger partial charge is 0.311 e. The highest BCUT2D eigenvalue weighted by molar-refractivity contribution is 9.11. The summed E-state index contributed by atoms with van der Waals surface area (Å²) in [6.07, 6.45) is 4.07. The van der Waals surface area contributed by atoms with Crippen molar-refractivity contribution in [3.8, 4) is 17.2 Å². The van der Waals surface area contributed by atoms with Crippen LogP contribution >= 0.6 is 31.9 Å². The minimum atomic E-state index is -0.436. The number of furan rings is 1. The van der Waals surface area contributed by atoms with E-state index in [-0.39, 0.29) is 29.5 Å². The lowest BCUT2D eigenvalue weighted by Gasteiger charge is -2.08. The molecule has 1 aromatic heterocycles. The molecule has 0 saturated carbocycles. The maximum atomic E-state index is 13.5. The van der Waals surface area contributed by atoms with Crippen molar-refractivity contribution in [2.45, 2.75) is 52.4 Å². The van der Waals surface area contributed by atoms with Crippen molar-refractivity contribution in [1.29, 1.82) is 0 Å². The van der Waals surface area contributed by atoms with Crippen molar-refractivity contribution in [2.24, 2.45) is 0 Å². The molecule has 0 atom stereocenters. The molecule has 1 heterocycles. The first-order chi connectivity index (χ1) is 15.3. The monoisotopic (exact) mass is 566 g/mol. The molecule has 0 fully saturated rings. The van der Waals surface area contributed by atoms with E-state index in [0.29, 0.717) is 49.6 Å². The van der Waals surface area contributed by atoms with Gasteiger partial charge in [0.05, 0.1) is 14.5 Å². The summed E-state index contributed by atoms with van der Waals surface area (Å²) in [5, 5.41) is 20.9. The van der Waals surface area contributed by atoms with Crippen molar-refractivity contribution in [1.82, 2.24) is 0 Å². The Morgan fingerprint density at radius 3 is 2.28 bits per heavy atom. The average Bonchev–Trinajstić information content (AvgIpc) is 3.10. The van der Waals surface area contributed by atoms with Gasteiger partial charge in [-0.15, -0.1) is 0 Å². The van der Waals surface area contributed by atoms with Crippen molar-refractivity contribution in [3.63, 3.8) is 0 Å². The van der Waals surface area contributed by atoms with Crippen LogP contribution in [0.2, 0.25) is 0 Å². The fraction of sp³-hybridized carbons (Fsp3) is 0.333. The topological polar surface area (TPSA) is 97.0 Å². The van der Waals surface area contributed by atoms with Crippen LogP contribution in [0.15, 0.2) is 37.6 Å². The van der Waals surface area contributed by atoms with Gasteiger partial charge >= 0.3 is 5.97 Å². The average molecular weight is 568 g/mol. The van der Waals surface area contributed by atoms with Crippen LogP contribution in [0, 0.1) is 0 Å². The molecule has 8 heteroatoms. The van der Waals surface area contributed by atoms with Gasteiger partial charge in [0, 0.05) is 29.9 Å². The van der Waals surface area contributed by atoms with Crippen LogP contribution < -0.4 is 4.74 Å². The number of fused-ring (bicyclic) bond motifs is 1. The van der Waals surface area contributed by atoms with Gasteiger partial charge in [-0.3, -0.25) is 9.59 Å². The second kappa shape index (κ2) is 10.5. The Kier molecular flexibility index (Phi) is 8.00. The number of esters is 1. The minimum absolute atomic E-state index is 0.00279. The first-order valence-electron chi connectivity index (χ1n) is 10.5. The van der Waals surface area contributed by atoms with E-state index in [1.807, 2.05) is 13.8 Å². The summed E-state index contributed by atoms with van der Waals surface area (Å²) >= 11 is 6.51. The molecule has 0 bridgehead atoms. The number of phenolic OH excluding ortho intramolecular Hbond substituents is 2. The molecule has 0 amide bonds. The number of aryl methyl sites for hydroxylation is 1. The number of hydrogen-bond acceptors (Lipinski definition) is 6. The van der Waals surface area contributed by atoms with Gasteiger partial charge in [0.25, 0.3) is 0 Å². The third kappa shape index (κ3) is 5.18. The standard InChI is InChI=1S/C24H24Br2O6/c1-3-5-7-18-22(23(29)13-9-15(25)24(30)16(26)10-13)14-11-17(27)20(12-19(14)31-18)32-21(28)8-6-4-2/h9-12,27,30H,3-8H2,1-2H3. The Bertz CT molecular complexity index is 1140. The molecule has 0 aliphatic carbocycles. The molecule has 6 nitrogen and oxygen atoms in total. The van der Waals surface area contributed by atoms with Crippen LogP contribution in [-0.2, 0) is 11.2 Å². The predicted octanol–water partition coefficient (Wildman–Crippen LogP) is 7.04. The molecule has 0 spiro atoms. The number of carbonyl (C=O) groups excluding carboxylic acids is 2. The maximum absolute atomic E-state index is 13.5. The van der Waals surface area contributed by atoms with Crippen LogP contribution in [0.3, 0.4) is 0 Å². The highest BCUT2D eigenvalue weighted by Gasteiger charge is 2.25. The molecule has 0 unspecified atom stereocenters. The highest BCUT2D eigenvalue weighted by atomic mass is 79.9. The molecular weight excluding hydrogens is 544 g/mol. The zero-order valence-corrected chi connectivity index (χ0v) is 21.0. The second-order valence-corrected chi connectivity index (χ2v) is 9.22. The number of ether oxygens (including phenoxy) is 1. The zero-order chi connectivity index (χ0) is 23.4. The lowest BCUT2D eigenvalue weighted by Crippen LogP contribution is -2.07. The molecule has 170 valence electrons. The molecular formula is C24H24Br2O6. The Balaban J connectivity index is 2.08. The van der Waals surface area contributed by atoms with Gasteiger partial charge in [0.15, 0.2) is 17.3 Å². The largest absolute Gasteiger partial charge is 0.506 e. The van der Waals surface area contributed by atoms with E-state index in [9.17, 15) is 19.8 Å². The fourth-order valence-corrected chi connectivity index (χ4v) is 4.53. The van der Waals surface area contributed by atoms with E-state index in [1.165, 1.54) is 24.3 Å². The number of rotatable bonds is 9. The summed E-state index contributed by atoms with van der Waals surface area (Å²) in [7, 11) is 0. The molecule has 3 rings (SSSR count). The van der Waals surface area contributed by atoms with E-state index >= 15 is 0 Å². The number of benzene rings is 2.